The summed E-state index contributed by atoms with van der Waals surface area (Å²) in [5, 5.41) is 20.2. The van der Waals surface area contributed by atoms with Crippen LogP contribution in [0.3, 0.4) is 0 Å². The Morgan fingerprint density at radius 3 is 2.63 bits per heavy atom. The molecular weight excluding hydrogens is 248 g/mol. The quantitative estimate of drug-likeness (QED) is 0.544. The van der Waals surface area contributed by atoms with Crippen LogP contribution in [0.25, 0.3) is 0 Å². The summed E-state index contributed by atoms with van der Waals surface area (Å²) in [7, 11) is 0. The second kappa shape index (κ2) is 7.50. The fraction of sp³-hybridized carbons (Fsp3) is 0.385. The van der Waals surface area contributed by atoms with E-state index in [0.29, 0.717) is 18.5 Å². The van der Waals surface area contributed by atoms with Crippen LogP contribution in [0.1, 0.15) is 22.3 Å². The SMILES string of the molecule is NCCc1ccccc1C(=O)NCCC(O)C(=O)O. The molecule has 104 valence electrons. The van der Waals surface area contributed by atoms with Gasteiger partial charge in [0, 0.05) is 18.5 Å². The van der Waals surface area contributed by atoms with Crippen LogP contribution in [0.5, 0.6) is 0 Å². The number of nitrogens with two attached hydrogens (primary N) is 1. The van der Waals surface area contributed by atoms with Crippen molar-refractivity contribution in [2.75, 3.05) is 13.1 Å². The Balaban J connectivity index is 2.56. The van der Waals surface area contributed by atoms with E-state index in [0.717, 1.165) is 5.56 Å². The average Bonchev–Trinajstić information content (AvgIpc) is 2.39. The van der Waals surface area contributed by atoms with Gasteiger partial charge in [-0.3, -0.25) is 4.79 Å². The molecule has 19 heavy (non-hydrogen) atoms. The molecule has 1 aromatic rings. The number of aliphatic hydroxyl groups is 1. The molecule has 0 aliphatic heterocycles. The molecule has 0 aliphatic rings. The van der Waals surface area contributed by atoms with Crippen LogP contribution < -0.4 is 11.1 Å². The van der Waals surface area contributed by atoms with E-state index in [-0.39, 0.29) is 18.9 Å². The third kappa shape index (κ3) is 4.69. The normalized spacial score (nSPS) is 11.9. The van der Waals surface area contributed by atoms with Gasteiger partial charge < -0.3 is 21.3 Å². The summed E-state index contributed by atoms with van der Waals surface area (Å²) < 4.78 is 0. The molecule has 1 rings (SSSR count). The number of carboxylic acids is 1. The molecule has 0 heterocycles. The van der Waals surface area contributed by atoms with E-state index in [4.69, 9.17) is 15.9 Å². The number of aliphatic hydroxyl groups excluding tert-OH is 1. The summed E-state index contributed by atoms with van der Waals surface area (Å²) in [6, 6.07) is 7.10. The molecule has 0 radical (unpaired) electrons. The van der Waals surface area contributed by atoms with Crippen LogP contribution in [0, 0.1) is 0 Å². The number of rotatable bonds is 7. The Morgan fingerprint density at radius 1 is 1.32 bits per heavy atom. The Morgan fingerprint density at radius 2 is 2.00 bits per heavy atom. The van der Waals surface area contributed by atoms with E-state index in [9.17, 15) is 9.59 Å². The van der Waals surface area contributed by atoms with Gasteiger partial charge in [0.1, 0.15) is 0 Å². The highest BCUT2D eigenvalue weighted by molar-refractivity contribution is 5.95. The highest BCUT2D eigenvalue weighted by Gasteiger charge is 2.14. The molecule has 5 N–H and O–H groups in total. The maximum Gasteiger partial charge on any atom is 0.332 e. The minimum atomic E-state index is -1.46. The molecule has 1 atom stereocenters. The first-order chi connectivity index (χ1) is 9.06. The number of hydrogen-bond acceptors (Lipinski definition) is 4. The standard InChI is InChI=1S/C13H18N2O4/c14-7-5-9-3-1-2-4-10(9)12(17)15-8-6-11(16)13(18)19/h1-4,11,16H,5-8,14H2,(H,15,17)(H,18,19). The lowest BCUT2D eigenvalue weighted by molar-refractivity contribution is -0.146. The summed E-state index contributed by atoms with van der Waals surface area (Å²) in [6.45, 7) is 0.547. The zero-order chi connectivity index (χ0) is 14.3. The zero-order valence-corrected chi connectivity index (χ0v) is 10.5. The first-order valence-electron chi connectivity index (χ1n) is 6.03. The molecule has 0 aliphatic carbocycles. The number of aliphatic carboxylic acids is 1. The predicted molar refractivity (Wildman–Crippen MR) is 69.8 cm³/mol. The fourth-order valence-corrected chi connectivity index (χ4v) is 1.66. The van der Waals surface area contributed by atoms with Crippen LogP contribution in [0.15, 0.2) is 24.3 Å². The lowest BCUT2D eigenvalue weighted by Crippen LogP contribution is -2.30. The number of amides is 1. The molecule has 0 spiro atoms. The van der Waals surface area contributed by atoms with Crippen molar-refractivity contribution in [2.45, 2.75) is 18.9 Å². The molecule has 0 saturated heterocycles. The van der Waals surface area contributed by atoms with Crippen molar-refractivity contribution in [3.8, 4) is 0 Å². The van der Waals surface area contributed by atoms with Gasteiger partial charge in [-0.1, -0.05) is 18.2 Å². The number of carbonyl (C=O) groups is 2. The van der Waals surface area contributed by atoms with Crippen LogP contribution >= 0.6 is 0 Å². The van der Waals surface area contributed by atoms with Crippen molar-refractivity contribution < 1.29 is 19.8 Å². The predicted octanol–water partition coefficient (Wildman–Crippen LogP) is -0.247. The number of carbonyl (C=O) groups excluding carboxylic acids is 1. The van der Waals surface area contributed by atoms with Gasteiger partial charge in [0.15, 0.2) is 6.10 Å². The molecule has 6 heteroatoms. The summed E-state index contributed by atoms with van der Waals surface area (Å²) in [5.41, 5.74) is 6.85. The van der Waals surface area contributed by atoms with E-state index < -0.39 is 12.1 Å². The first kappa shape index (κ1) is 15.1. The first-order valence-corrected chi connectivity index (χ1v) is 6.03. The summed E-state index contributed by atoms with van der Waals surface area (Å²) in [4.78, 5) is 22.3. The summed E-state index contributed by atoms with van der Waals surface area (Å²) >= 11 is 0. The zero-order valence-electron chi connectivity index (χ0n) is 10.5. The third-order valence-electron chi connectivity index (χ3n) is 2.66. The fourth-order valence-electron chi connectivity index (χ4n) is 1.66. The van der Waals surface area contributed by atoms with Gasteiger partial charge in [-0.05, 0) is 24.6 Å². The molecule has 1 amide bonds. The van der Waals surface area contributed by atoms with Crippen molar-refractivity contribution >= 4 is 11.9 Å². The third-order valence-corrected chi connectivity index (χ3v) is 2.66. The van der Waals surface area contributed by atoms with E-state index in [1.807, 2.05) is 12.1 Å². The molecule has 6 nitrogen and oxygen atoms in total. The largest absolute Gasteiger partial charge is 0.479 e. The van der Waals surface area contributed by atoms with E-state index in [1.165, 1.54) is 0 Å². The van der Waals surface area contributed by atoms with Crippen molar-refractivity contribution in [2.24, 2.45) is 5.73 Å². The minimum Gasteiger partial charge on any atom is -0.479 e. The Hall–Kier alpha value is -1.92. The number of carboxylic acid groups (broad SMARTS) is 1. The van der Waals surface area contributed by atoms with Gasteiger partial charge in [0.25, 0.3) is 5.91 Å². The second-order valence-electron chi connectivity index (χ2n) is 4.09. The molecule has 0 bridgehead atoms. The highest BCUT2D eigenvalue weighted by Crippen LogP contribution is 2.09. The number of benzene rings is 1. The Kier molecular flexibility index (Phi) is 5.98. The Labute approximate surface area is 111 Å². The smallest absolute Gasteiger partial charge is 0.332 e. The lowest BCUT2D eigenvalue weighted by Gasteiger charge is -2.10. The van der Waals surface area contributed by atoms with E-state index in [1.54, 1.807) is 12.1 Å². The molecule has 0 fully saturated rings. The maximum atomic E-state index is 11.9. The second-order valence-corrected chi connectivity index (χ2v) is 4.09. The van der Waals surface area contributed by atoms with Crippen LogP contribution in [-0.2, 0) is 11.2 Å². The minimum absolute atomic E-state index is 0.0276. The molecule has 1 unspecified atom stereocenters. The van der Waals surface area contributed by atoms with Gasteiger partial charge in [-0.15, -0.1) is 0 Å². The van der Waals surface area contributed by atoms with Crippen molar-refractivity contribution in [1.82, 2.24) is 5.32 Å². The average molecular weight is 266 g/mol. The maximum absolute atomic E-state index is 11.9. The van der Waals surface area contributed by atoms with E-state index >= 15 is 0 Å². The van der Waals surface area contributed by atoms with Crippen molar-refractivity contribution in [3.63, 3.8) is 0 Å². The van der Waals surface area contributed by atoms with Gasteiger partial charge in [0.05, 0.1) is 0 Å². The van der Waals surface area contributed by atoms with Crippen molar-refractivity contribution in [1.29, 1.82) is 0 Å². The molecule has 0 aromatic heterocycles. The molecular formula is C13H18N2O4. The molecule has 0 saturated carbocycles. The van der Waals surface area contributed by atoms with Crippen molar-refractivity contribution in [3.05, 3.63) is 35.4 Å². The van der Waals surface area contributed by atoms with Gasteiger partial charge in [-0.2, -0.15) is 0 Å². The number of hydrogen-bond donors (Lipinski definition) is 4. The van der Waals surface area contributed by atoms with Gasteiger partial charge >= 0.3 is 5.97 Å². The summed E-state index contributed by atoms with van der Waals surface area (Å²) in [6.07, 6.45) is -0.888. The van der Waals surface area contributed by atoms with E-state index in [2.05, 4.69) is 5.32 Å². The number of nitrogens with one attached hydrogen (secondary N) is 1. The summed E-state index contributed by atoms with van der Waals surface area (Å²) in [5.74, 6) is -1.58. The van der Waals surface area contributed by atoms with Gasteiger partial charge in [0.2, 0.25) is 0 Å². The van der Waals surface area contributed by atoms with Gasteiger partial charge in [-0.25, -0.2) is 4.79 Å². The van der Waals surface area contributed by atoms with Crippen LogP contribution in [0.4, 0.5) is 0 Å². The highest BCUT2D eigenvalue weighted by atomic mass is 16.4. The van der Waals surface area contributed by atoms with Crippen LogP contribution in [-0.4, -0.2) is 41.3 Å². The lowest BCUT2D eigenvalue weighted by atomic mass is 10.0. The topological polar surface area (TPSA) is 113 Å². The Bertz CT molecular complexity index is 448. The molecule has 1 aromatic carbocycles. The van der Waals surface area contributed by atoms with Crippen LogP contribution in [0.2, 0.25) is 0 Å². The monoisotopic (exact) mass is 266 g/mol.